The fourth-order valence-electron chi connectivity index (χ4n) is 5.84. The van der Waals surface area contributed by atoms with E-state index in [1.54, 1.807) is 0 Å². The van der Waals surface area contributed by atoms with Crippen molar-refractivity contribution in [3.8, 4) is 0 Å². The van der Waals surface area contributed by atoms with Crippen molar-refractivity contribution in [2.45, 2.75) is 84.4 Å². The van der Waals surface area contributed by atoms with E-state index in [9.17, 15) is 0 Å². The van der Waals surface area contributed by atoms with Crippen LogP contribution in [0.2, 0.25) is 0 Å². The predicted octanol–water partition coefficient (Wildman–Crippen LogP) is 3.41. The van der Waals surface area contributed by atoms with E-state index in [2.05, 4.69) is 32.4 Å². The third-order valence-corrected chi connectivity index (χ3v) is 7.92. The molecular weight excluding hydrogens is 390 g/mol. The van der Waals surface area contributed by atoms with E-state index in [1.807, 2.05) is 20.9 Å². The Hall–Kier alpha value is -1.60. The molecule has 2 atom stereocenters. The van der Waals surface area contributed by atoms with Gasteiger partial charge in [0.2, 0.25) is 5.89 Å². The Morgan fingerprint density at radius 1 is 1.26 bits per heavy atom. The molecule has 31 heavy (non-hydrogen) atoms. The number of aromatic nitrogens is 1. The average Bonchev–Trinajstić information content (AvgIpc) is 3.40. The van der Waals surface area contributed by atoms with Crippen LogP contribution in [0.4, 0.5) is 0 Å². The molecule has 0 amide bonds. The van der Waals surface area contributed by atoms with Crippen molar-refractivity contribution in [2.75, 3.05) is 33.3 Å². The minimum absolute atomic E-state index is 0.329. The number of nitrogens with one attached hydrogen (secondary N) is 2. The number of oxazole rings is 1. The second-order valence-electron chi connectivity index (χ2n) is 9.74. The zero-order valence-electron chi connectivity index (χ0n) is 19.9. The Bertz CT molecular complexity index is 728. The first kappa shape index (κ1) is 22.6. The molecule has 2 heterocycles. The highest BCUT2D eigenvalue weighted by atomic mass is 16.5. The van der Waals surface area contributed by atoms with Crippen LogP contribution >= 0.6 is 0 Å². The van der Waals surface area contributed by atoms with E-state index >= 15 is 0 Å². The number of nitrogens with zero attached hydrogens (tertiary/aromatic N) is 3. The van der Waals surface area contributed by atoms with Crippen LogP contribution in [0.15, 0.2) is 9.41 Å². The van der Waals surface area contributed by atoms with Crippen LogP contribution in [0.5, 0.6) is 0 Å². The van der Waals surface area contributed by atoms with Crippen molar-refractivity contribution in [1.29, 1.82) is 0 Å². The molecule has 3 aliphatic rings. The summed E-state index contributed by atoms with van der Waals surface area (Å²) in [4.78, 5) is 11.5. The van der Waals surface area contributed by atoms with Gasteiger partial charge >= 0.3 is 0 Å². The van der Waals surface area contributed by atoms with E-state index in [0.29, 0.717) is 23.5 Å². The average molecular weight is 432 g/mol. The zero-order chi connectivity index (χ0) is 21.8. The molecule has 1 saturated heterocycles. The van der Waals surface area contributed by atoms with Gasteiger partial charge in [-0.3, -0.25) is 9.89 Å². The number of hydrogen-bond donors (Lipinski definition) is 2. The van der Waals surface area contributed by atoms with Gasteiger partial charge in [-0.1, -0.05) is 12.8 Å². The summed E-state index contributed by atoms with van der Waals surface area (Å²) < 4.78 is 11.8. The molecule has 2 unspecified atom stereocenters. The molecule has 1 aromatic rings. The van der Waals surface area contributed by atoms with E-state index < -0.39 is 0 Å². The third-order valence-electron chi connectivity index (χ3n) is 7.92. The van der Waals surface area contributed by atoms with Gasteiger partial charge in [-0.05, 0) is 71.9 Å². The van der Waals surface area contributed by atoms with Crippen LogP contribution in [0.3, 0.4) is 0 Å². The second-order valence-corrected chi connectivity index (χ2v) is 9.74. The van der Waals surface area contributed by atoms with Gasteiger partial charge in [0.25, 0.3) is 0 Å². The molecule has 2 aliphatic carbocycles. The summed E-state index contributed by atoms with van der Waals surface area (Å²) >= 11 is 0. The van der Waals surface area contributed by atoms with Crippen molar-refractivity contribution in [1.82, 2.24) is 20.5 Å². The van der Waals surface area contributed by atoms with E-state index in [0.717, 1.165) is 62.5 Å². The summed E-state index contributed by atoms with van der Waals surface area (Å²) in [5.74, 6) is 3.43. The van der Waals surface area contributed by atoms with Crippen molar-refractivity contribution in [3.63, 3.8) is 0 Å². The quantitative estimate of drug-likeness (QED) is 0.509. The number of guanidine groups is 1. The zero-order valence-corrected chi connectivity index (χ0v) is 19.9. The van der Waals surface area contributed by atoms with Gasteiger partial charge in [0, 0.05) is 31.7 Å². The van der Waals surface area contributed by atoms with Crippen molar-refractivity contribution >= 4 is 5.96 Å². The lowest BCUT2D eigenvalue weighted by Gasteiger charge is -2.54. The summed E-state index contributed by atoms with van der Waals surface area (Å²) in [6, 6.07) is 0.493. The fourth-order valence-corrected chi connectivity index (χ4v) is 5.84. The van der Waals surface area contributed by atoms with E-state index in [-0.39, 0.29) is 0 Å². The van der Waals surface area contributed by atoms with Gasteiger partial charge in [0.05, 0.1) is 18.3 Å². The lowest BCUT2D eigenvalue weighted by atomic mass is 9.60. The maximum Gasteiger partial charge on any atom is 0.208 e. The van der Waals surface area contributed by atoms with E-state index in [1.165, 1.54) is 38.5 Å². The standard InChI is InChI=1S/C24H41N5O2/c1-5-30-21-14-20(24(21)10-6-7-11-24)28-23(25-4)26-15-19-8-12-29(13-9-19)16-22-27-17(2)18(3)31-22/h19-21H,5-16H2,1-4H3,(H2,25,26,28). The number of likely N-dealkylation sites (tertiary alicyclic amines) is 1. The molecule has 3 fully saturated rings. The van der Waals surface area contributed by atoms with Gasteiger partial charge in [-0.15, -0.1) is 0 Å². The first-order valence-corrected chi connectivity index (χ1v) is 12.3. The predicted molar refractivity (Wildman–Crippen MR) is 123 cm³/mol. The van der Waals surface area contributed by atoms with Gasteiger partial charge in [-0.2, -0.15) is 0 Å². The molecule has 2 N–H and O–H groups in total. The number of rotatable bonds is 7. The summed E-state index contributed by atoms with van der Waals surface area (Å²) in [7, 11) is 1.89. The van der Waals surface area contributed by atoms with Crippen LogP contribution in [0, 0.1) is 25.2 Å². The molecule has 4 rings (SSSR count). The highest BCUT2D eigenvalue weighted by Crippen LogP contribution is 2.54. The lowest BCUT2D eigenvalue weighted by Crippen LogP contribution is -2.65. The van der Waals surface area contributed by atoms with Crippen molar-refractivity contribution in [2.24, 2.45) is 16.3 Å². The largest absolute Gasteiger partial charge is 0.444 e. The number of piperidine rings is 1. The topological polar surface area (TPSA) is 74.9 Å². The molecular formula is C24H41N5O2. The molecule has 7 nitrogen and oxygen atoms in total. The molecule has 1 aromatic heterocycles. The van der Waals surface area contributed by atoms with Crippen LogP contribution < -0.4 is 10.6 Å². The molecule has 174 valence electrons. The third kappa shape index (κ3) is 4.92. The number of aryl methyl sites for hydroxylation is 2. The summed E-state index contributed by atoms with van der Waals surface area (Å²) in [6.45, 7) is 10.9. The summed E-state index contributed by atoms with van der Waals surface area (Å²) in [6.07, 6.45) is 9.16. The summed E-state index contributed by atoms with van der Waals surface area (Å²) in [5, 5.41) is 7.36. The molecule has 1 aliphatic heterocycles. The van der Waals surface area contributed by atoms with Gasteiger partial charge < -0.3 is 19.8 Å². The van der Waals surface area contributed by atoms with Gasteiger partial charge in [0.15, 0.2) is 5.96 Å². The number of hydrogen-bond acceptors (Lipinski definition) is 5. The lowest BCUT2D eigenvalue weighted by molar-refractivity contribution is -0.125. The monoisotopic (exact) mass is 431 g/mol. The first-order valence-electron chi connectivity index (χ1n) is 12.3. The van der Waals surface area contributed by atoms with Crippen LogP contribution in [0.25, 0.3) is 0 Å². The summed E-state index contributed by atoms with van der Waals surface area (Å²) in [5.41, 5.74) is 1.33. The minimum atomic E-state index is 0.329. The molecule has 1 spiro atoms. The molecule has 7 heteroatoms. The fraction of sp³-hybridized carbons (Fsp3) is 0.833. The normalized spacial score (nSPS) is 26.9. The number of aliphatic imine (C=N–C) groups is 1. The van der Waals surface area contributed by atoms with Crippen molar-refractivity contribution in [3.05, 3.63) is 17.3 Å². The minimum Gasteiger partial charge on any atom is -0.444 e. The first-order chi connectivity index (χ1) is 15.0. The molecule has 0 radical (unpaired) electrons. The van der Waals surface area contributed by atoms with E-state index in [4.69, 9.17) is 9.15 Å². The molecule has 2 saturated carbocycles. The Morgan fingerprint density at radius 3 is 2.61 bits per heavy atom. The molecule has 0 bridgehead atoms. The van der Waals surface area contributed by atoms with Gasteiger partial charge in [-0.25, -0.2) is 4.98 Å². The molecule has 0 aromatic carbocycles. The highest BCUT2D eigenvalue weighted by molar-refractivity contribution is 5.80. The van der Waals surface area contributed by atoms with Gasteiger partial charge in [0.1, 0.15) is 5.76 Å². The highest BCUT2D eigenvalue weighted by Gasteiger charge is 2.56. The van der Waals surface area contributed by atoms with Crippen molar-refractivity contribution < 1.29 is 9.15 Å². The Morgan fingerprint density at radius 2 is 2.00 bits per heavy atom. The Balaban J connectivity index is 1.20. The van der Waals surface area contributed by atoms with Crippen LogP contribution in [-0.2, 0) is 11.3 Å². The smallest absolute Gasteiger partial charge is 0.208 e. The van der Waals surface area contributed by atoms with Crippen LogP contribution in [-0.4, -0.2) is 61.3 Å². The second kappa shape index (κ2) is 9.90. The maximum atomic E-state index is 6.06. The van der Waals surface area contributed by atoms with Crippen LogP contribution in [0.1, 0.15) is 69.2 Å². The number of ether oxygens (including phenoxy) is 1. The Labute approximate surface area is 187 Å². The maximum absolute atomic E-state index is 6.06. The SMILES string of the molecule is CCOC1CC(NC(=NC)NCC2CCN(Cc3nc(C)c(C)o3)CC2)C12CCCC2. The Kier molecular flexibility index (Phi) is 7.22.